The highest BCUT2D eigenvalue weighted by atomic mass is 16.5. The summed E-state index contributed by atoms with van der Waals surface area (Å²) in [6, 6.07) is 3.77. The summed E-state index contributed by atoms with van der Waals surface area (Å²) in [5, 5.41) is 4.26. The number of hydrogen-bond donors (Lipinski definition) is 0. The number of esters is 1. The van der Waals surface area contributed by atoms with Crippen molar-refractivity contribution in [2.45, 2.75) is 6.92 Å². The molecular weight excluding hydrogens is 218 g/mol. The van der Waals surface area contributed by atoms with Crippen molar-refractivity contribution in [2.24, 2.45) is 7.05 Å². The minimum atomic E-state index is -0.395. The second-order valence-electron chi connectivity index (χ2n) is 3.74. The maximum absolute atomic E-state index is 11.6. The van der Waals surface area contributed by atoms with E-state index < -0.39 is 5.97 Å². The minimum absolute atomic E-state index is 0.395. The monoisotopic (exact) mass is 231 g/mol. The van der Waals surface area contributed by atoms with Crippen molar-refractivity contribution in [3.63, 3.8) is 0 Å². The fraction of sp³-hybridized carbons (Fsp3) is 0.250. The van der Waals surface area contributed by atoms with E-state index in [9.17, 15) is 4.79 Å². The van der Waals surface area contributed by atoms with E-state index in [1.165, 1.54) is 7.11 Å². The van der Waals surface area contributed by atoms with Crippen molar-refractivity contribution in [1.82, 2.24) is 14.8 Å². The van der Waals surface area contributed by atoms with Crippen LogP contribution in [0, 0.1) is 6.92 Å². The fourth-order valence-electron chi connectivity index (χ4n) is 1.57. The molecule has 0 fully saturated rings. The first-order valence-electron chi connectivity index (χ1n) is 5.17. The maximum atomic E-state index is 11.6. The zero-order chi connectivity index (χ0) is 12.4. The van der Waals surface area contributed by atoms with Gasteiger partial charge >= 0.3 is 5.97 Å². The van der Waals surface area contributed by atoms with Gasteiger partial charge in [0, 0.05) is 30.7 Å². The van der Waals surface area contributed by atoms with Gasteiger partial charge < -0.3 is 4.74 Å². The maximum Gasteiger partial charge on any atom is 0.341 e. The minimum Gasteiger partial charge on any atom is -0.465 e. The van der Waals surface area contributed by atoms with Gasteiger partial charge in [0.25, 0.3) is 0 Å². The predicted octanol–water partition coefficient (Wildman–Crippen LogP) is 1.58. The Balaban J connectivity index is 2.51. The van der Waals surface area contributed by atoms with E-state index >= 15 is 0 Å². The quantitative estimate of drug-likeness (QED) is 0.736. The average Bonchev–Trinajstić information content (AvgIpc) is 2.71. The van der Waals surface area contributed by atoms with Crippen molar-refractivity contribution >= 4 is 5.97 Å². The van der Waals surface area contributed by atoms with E-state index in [1.54, 1.807) is 24.1 Å². The van der Waals surface area contributed by atoms with Gasteiger partial charge in [0.05, 0.1) is 7.11 Å². The summed E-state index contributed by atoms with van der Waals surface area (Å²) >= 11 is 0. The third kappa shape index (κ3) is 2.18. The van der Waals surface area contributed by atoms with Crippen LogP contribution in [0.4, 0.5) is 0 Å². The molecule has 88 valence electrons. The lowest BCUT2D eigenvalue weighted by Crippen LogP contribution is -2.01. The molecule has 0 aliphatic rings. The van der Waals surface area contributed by atoms with Crippen LogP contribution in [-0.4, -0.2) is 27.8 Å². The molecule has 0 saturated carbocycles. The second kappa shape index (κ2) is 4.37. The Hall–Kier alpha value is -2.17. The van der Waals surface area contributed by atoms with E-state index in [2.05, 4.69) is 10.1 Å². The van der Waals surface area contributed by atoms with Crippen molar-refractivity contribution in [2.75, 3.05) is 7.11 Å². The van der Waals surface area contributed by atoms with E-state index in [4.69, 9.17) is 4.74 Å². The number of ether oxygens (including phenoxy) is 1. The Kier molecular flexibility index (Phi) is 2.91. The zero-order valence-corrected chi connectivity index (χ0v) is 9.97. The highest BCUT2D eigenvalue weighted by molar-refractivity contribution is 5.95. The van der Waals surface area contributed by atoms with Crippen LogP contribution in [0.25, 0.3) is 11.3 Å². The first-order chi connectivity index (χ1) is 8.11. The van der Waals surface area contributed by atoms with Crippen LogP contribution < -0.4 is 0 Å². The molecular formula is C12H13N3O2. The molecule has 2 heterocycles. The highest BCUT2D eigenvalue weighted by Gasteiger charge is 2.17. The lowest BCUT2D eigenvalue weighted by Gasteiger charge is -2.00. The number of pyridine rings is 1. The molecule has 2 aromatic heterocycles. The van der Waals surface area contributed by atoms with E-state index in [0.717, 1.165) is 11.3 Å². The molecule has 5 heteroatoms. The van der Waals surface area contributed by atoms with Crippen LogP contribution in [0.15, 0.2) is 24.5 Å². The molecule has 0 aliphatic heterocycles. The molecule has 0 unspecified atom stereocenters. The summed E-state index contributed by atoms with van der Waals surface area (Å²) in [4.78, 5) is 15.8. The summed E-state index contributed by atoms with van der Waals surface area (Å²) in [5.74, 6) is -0.395. The fourth-order valence-corrected chi connectivity index (χ4v) is 1.57. The molecule has 0 bridgehead atoms. The summed E-state index contributed by atoms with van der Waals surface area (Å²) < 4.78 is 6.31. The SMILES string of the molecule is COC(=O)c1cn(C)nc1-c1ccc(C)nc1. The van der Waals surface area contributed by atoms with Crippen LogP contribution >= 0.6 is 0 Å². The smallest absolute Gasteiger partial charge is 0.341 e. The first-order valence-corrected chi connectivity index (χ1v) is 5.17. The number of methoxy groups -OCH3 is 1. The van der Waals surface area contributed by atoms with Crippen LogP contribution in [0.5, 0.6) is 0 Å². The number of aromatic nitrogens is 3. The van der Waals surface area contributed by atoms with Gasteiger partial charge in [-0.15, -0.1) is 0 Å². The van der Waals surface area contributed by atoms with Crippen molar-refractivity contribution in [1.29, 1.82) is 0 Å². The number of hydrogen-bond acceptors (Lipinski definition) is 4. The highest BCUT2D eigenvalue weighted by Crippen LogP contribution is 2.21. The van der Waals surface area contributed by atoms with Gasteiger partial charge in [0.1, 0.15) is 11.3 Å². The number of aryl methyl sites for hydroxylation is 2. The first kappa shape index (κ1) is 11.3. The van der Waals surface area contributed by atoms with Crippen LogP contribution in [0.2, 0.25) is 0 Å². The molecule has 0 aromatic carbocycles. The van der Waals surface area contributed by atoms with E-state index in [-0.39, 0.29) is 0 Å². The Labute approximate surface area is 99.1 Å². The molecule has 0 saturated heterocycles. The van der Waals surface area contributed by atoms with E-state index in [0.29, 0.717) is 11.3 Å². The summed E-state index contributed by atoms with van der Waals surface area (Å²) in [7, 11) is 3.12. The third-order valence-corrected chi connectivity index (χ3v) is 2.42. The molecule has 0 amide bonds. The molecule has 17 heavy (non-hydrogen) atoms. The summed E-state index contributed by atoms with van der Waals surface area (Å²) in [6.45, 7) is 1.91. The van der Waals surface area contributed by atoms with Crippen molar-refractivity contribution in [3.8, 4) is 11.3 Å². The van der Waals surface area contributed by atoms with Gasteiger partial charge in [-0.2, -0.15) is 5.10 Å². The second-order valence-corrected chi connectivity index (χ2v) is 3.74. The molecule has 5 nitrogen and oxygen atoms in total. The summed E-state index contributed by atoms with van der Waals surface area (Å²) in [5.41, 5.74) is 2.76. The van der Waals surface area contributed by atoms with Crippen molar-refractivity contribution in [3.05, 3.63) is 35.8 Å². The number of nitrogens with zero attached hydrogens (tertiary/aromatic N) is 3. The van der Waals surface area contributed by atoms with E-state index in [1.807, 2.05) is 19.1 Å². The normalized spacial score (nSPS) is 10.3. The molecule has 0 atom stereocenters. The Morgan fingerprint density at radius 3 is 2.76 bits per heavy atom. The summed E-state index contributed by atoms with van der Waals surface area (Å²) in [6.07, 6.45) is 3.34. The number of rotatable bonds is 2. The number of carbonyl (C=O) groups is 1. The third-order valence-electron chi connectivity index (χ3n) is 2.42. The Bertz CT molecular complexity index is 543. The zero-order valence-electron chi connectivity index (χ0n) is 9.97. The average molecular weight is 231 g/mol. The topological polar surface area (TPSA) is 57.0 Å². The largest absolute Gasteiger partial charge is 0.465 e. The Morgan fingerprint density at radius 1 is 1.41 bits per heavy atom. The molecule has 0 aliphatic carbocycles. The van der Waals surface area contributed by atoms with Crippen LogP contribution in [-0.2, 0) is 11.8 Å². The molecule has 0 spiro atoms. The van der Waals surface area contributed by atoms with Crippen molar-refractivity contribution < 1.29 is 9.53 Å². The molecule has 0 radical (unpaired) electrons. The molecule has 2 rings (SSSR count). The lowest BCUT2D eigenvalue weighted by molar-refractivity contribution is 0.0601. The lowest BCUT2D eigenvalue weighted by atomic mass is 10.1. The van der Waals surface area contributed by atoms with Gasteiger partial charge in [-0.05, 0) is 19.1 Å². The van der Waals surface area contributed by atoms with Gasteiger partial charge in [-0.3, -0.25) is 9.67 Å². The number of carbonyl (C=O) groups excluding carboxylic acids is 1. The Morgan fingerprint density at radius 2 is 2.18 bits per heavy atom. The van der Waals surface area contributed by atoms with Gasteiger partial charge in [-0.1, -0.05) is 0 Å². The standard InChI is InChI=1S/C12H13N3O2/c1-8-4-5-9(6-13-8)11-10(12(16)17-3)7-15(2)14-11/h4-7H,1-3H3. The van der Waals surface area contributed by atoms with Gasteiger partial charge in [0.2, 0.25) is 0 Å². The predicted molar refractivity (Wildman–Crippen MR) is 62.5 cm³/mol. The molecule has 2 aromatic rings. The van der Waals surface area contributed by atoms with Crippen LogP contribution in [0.3, 0.4) is 0 Å². The van der Waals surface area contributed by atoms with Crippen LogP contribution in [0.1, 0.15) is 16.1 Å². The van der Waals surface area contributed by atoms with Gasteiger partial charge in [-0.25, -0.2) is 4.79 Å². The molecule has 0 N–H and O–H groups in total. The van der Waals surface area contributed by atoms with Gasteiger partial charge in [0.15, 0.2) is 0 Å².